The van der Waals surface area contributed by atoms with Gasteiger partial charge in [0.1, 0.15) is 5.75 Å². The third kappa shape index (κ3) is 3.90. The van der Waals surface area contributed by atoms with Crippen molar-refractivity contribution in [1.82, 2.24) is 0 Å². The number of nitrogens with zero attached hydrogens (tertiary/aromatic N) is 1. The molecular weight excluding hydrogens is 316 g/mol. The highest BCUT2D eigenvalue weighted by molar-refractivity contribution is 5.47. The van der Waals surface area contributed by atoms with Crippen molar-refractivity contribution in [3.63, 3.8) is 0 Å². The smallest absolute Gasteiger partial charge is 0.505 e. The number of hydrogen-bond acceptors (Lipinski definition) is 4. The SMILES string of the molecule is N#Cc1cc(F)c(O)c([C@@H](N)c2ccc(OC(F)(F)F)cc2)c1. The number of phenols is 1. The number of rotatable bonds is 3. The van der Waals surface area contributed by atoms with Gasteiger partial charge in [-0.25, -0.2) is 4.39 Å². The molecule has 2 aromatic rings. The molecule has 2 aromatic carbocycles. The molecule has 23 heavy (non-hydrogen) atoms. The highest BCUT2D eigenvalue weighted by Crippen LogP contribution is 2.32. The van der Waals surface area contributed by atoms with Crippen molar-refractivity contribution < 1.29 is 27.4 Å². The van der Waals surface area contributed by atoms with Gasteiger partial charge in [-0.2, -0.15) is 5.26 Å². The van der Waals surface area contributed by atoms with Crippen LogP contribution in [0.15, 0.2) is 36.4 Å². The lowest BCUT2D eigenvalue weighted by Crippen LogP contribution is -2.17. The van der Waals surface area contributed by atoms with E-state index >= 15 is 0 Å². The molecule has 0 aliphatic heterocycles. The second-order valence-electron chi connectivity index (χ2n) is 4.60. The maximum atomic E-state index is 13.6. The van der Waals surface area contributed by atoms with Crippen LogP contribution in [0, 0.1) is 17.1 Å². The number of aromatic hydroxyl groups is 1. The molecule has 0 heterocycles. The fourth-order valence-corrected chi connectivity index (χ4v) is 1.98. The van der Waals surface area contributed by atoms with Gasteiger partial charge in [-0.15, -0.1) is 13.2 Å². The molecule has 2 rings (SSSR count). The lowest BCUT2D eigenvalue weighted by molar-refractivity contribution is -0.274. The highest BCUT2D eigenvalue weighted by atomic mass is 19.4. The molecule has 4 nitrogen and oxygen atoms in total. The number of ether oxygens (including phenoxy) is 1. The number of alkyl halides is 3. The molecule has 0 unspecified atom stereocenters. The van der Waals surface area contributed by atoms with E-state index in [1.165, 1.54) is 18.2 Å². The quantitative estimate of drug-likeness (QED) is 0.848. The van der Waals surface area contributed by atoms with Crippen LogP contribution in [-0.2, 0) is 0 Å². The van der Waals surface area contributed by atoms with Crippen molar-refractivity contribution in [3.8, 4) is 17.6 Å². The zero-order valence-electron chi connectivity index (χ0n) is 11.4. The van der Waals surface area contributed by atoms with Gasteiger partial charge >= 0.3 is 6.36 Å². The Morgan fingerprint density at radius 1 is 1.17 bits per heavy atom. The van der Waals surface area contributed by atoms with Crippen molar-refractivity contribution in [3.05, 3.63) is 58.9 Å². The Morgan fingerprint density at radius 3 is 2.30 bits per heavy atom. The standard InChI is InChI=1S/C15H10F4N2O2/c16-12-6-8(7-20)5-11(14(12)22)13(21)9-1-3-10(4-2-9)23-15(17,18)19/h1-6,13,22H,21H2/t13-/m0/s1. The van der Waals surface area contributed by atoms with Crippen molar-refractivity contribution in [1.29, 1.82) is 5.26 Å². The molecule has 8 heteroatoms. The van der Waals surface area contributed by atoms with E-state index in [9.17, 15) is 22.7 Å². The number of benzene rings is 2. The summed E-state index contributed by atoms with van der Waals surface area (Å²) in [7, 11) is 0. The van der Waals surface area contributed by atoms with Crippen molar-refractivity contribution in [2.75, 3.05) is 0 Å². The van der Waals surface area contributed by atoms with Gasteiger partial charge in [0.2, 0.25) is 0 Å². The monoisotopic (exact) mass is 326 g/mol. The first-order chi connectivity index (χ1) is 10.7. The fraction of sp³-hybridized carbons (Fsp3) is 0.133. The molecule has 0 aliphatic rings. The van der Waals surface area contributed by atoms with E-state index in [4.69, 9.17) is 11.0 Å². The zero-order chi connectivity index (χ0) is 17.2. The minimum Gasteiger partial charge on any atom is -0.505 e. The van der Waals surface area contributed by atoms with Crippen LogP contribution >= 0.6 is 0 Å². The Balaban J connectivity index is 2.33. The van der Waals surface area contributed by atoms with Crippen LogP contribution in [0.5, 0.6) is 11.5 Å². The van der Waals surface area contributed by atoms with Gasteiger partial charge < -0.3 is 15.6 Å². The Hall–Kier alpha value is -2.79. The maximum Gasteiger partial charge on any atom is 0.573 e. The van der Waals surface area contributed by atoms with Gasteiger partial charge in [0.05, 0.1) is 17.7 Å². The van der Waals surface area contributed by atoms with Gasteiger partial charge in [0.25, 0.3) is 0 Å². The van der Waals surface area contributed by atoms with Crippen molar-refractivity contribution in [2.45, 2.75) is 12.4 Å². The Bertz CT molecular complexity index is 752. The molecule has 0 spiro atoms. The molecule has 0 aliphatic carbocycles. The molecule has 0 aromatic heterocycles. The van der Waals surface area contributed by atoms with Gasteiger partial charge in [-0.3, -0.25) is 0 Å². The molecule has 0 amide bonds. The summed E-state index contributed by atoms with van der Waals surface area (Å²) >= 11 is 0. The highest BCUT2D eigenvalue weighted by Gasteiger charge is 2.31. The van der Waals surface area contributed by atoms with Crippen LogP contribution in [-0.4, -0.2) is 11.5 Å². The summed E-state index contributed by atoms with van der Waals surface area (Å²) in [5.41, 5.74) is 6.11. The number of halogens is 4. The molecule has 0 radical (unpaired) electrons. The average molecular weight is 326 g/mol. The van der Waals surface area contributed by atoms with Crippen LogP contribution < -0.4 is 10.5 Å². The van der Waals surface area contributed by atoms with Crippen LogP contribution in [0.2, 0.25) is 0 Å². The lowest BCUT2D eigenvalue weighted by Gasteiger charge is -2.16. The number of nitriles is 1. The minimum absolute atomic E-state index is 0.0391. The van der Waals surface area contributed by atoms with Crippen LogP contribution in [0.1, 0.15) is 22.7 Å². The van der Waals surface area contributed by atoms with Crippen LogP contribution in [0.3, 0.4) is 0 Å². The third-order valence-corrected chi connectivity index (χ3v) is 3.03. The molecule has 3 N–H and O–H groups in total. The normalized spacial score (nSPS) is 12.5. The summed E-state index contributed by atoms with van der Waals surface area (Å²) in [6.45, 7) is 0. The molecule has 0 fully saturated rings. The van der Waals surface area contributed by atoms with Gasteiger partial charge in [0.15, 0.2) is 11.6 Å². The number of hydrogen-bond donors (Lipinski definition) is 2. The lowest BCUT2D eigenvalue weighted by atomic mass is 9.97. The van der Waals surface area contributed by atoms with E-state index < -0.39 is 29.7 Å². The predicted octanol–water partition coefficient (Wildman–Crippen LogP) is 3.35. The van der Waals surface area contributed by atoms with E-state index in [2.05, 4.69) is 4.74 Å². The molecule has 0 saturated heterocycles. The minimum atomic E-state index is -4.81. The summed E-state index contributed by atoms with van der Waals surface area (Å²) in [6, 6.07) is 7.36. The third-order valence-electron chi connectivity index (χ3n) is 3.03. The first-order valence-corrected chi connectivity index (χ1v) is 6.25. The fourth-order valence-electron chi connectivity index (χ4n) is 1.98. The molecule has 1 atom stereocenters. The van der Waals surface area contributed by atoms with E-state index in [1.807, 2.05) is 0 Å². The maximum absolute atomic E-state index is 13.6. The Kier molecular flexibility index (Phi) is 4.43. The summed E-state index contributed by atoms with van der Waals surface area (Å²) in [6.07, 6.45) is -4.81. The topological polar surface area (TPSA) is 79.3 Å². The summed E-state index contributed by atoms with van der Waals surface area (Å²) < 4.78 is 53.6. The van der Waals surface area contributed by atoms with Gasteiger partial charge in [-0.1, -0.05) is 12.1 Å². The largest absolute Gasteiger partial charge is 0.573 e. The first kappa shape index (κ1) is 16.6. The van der Waals surface area contributed by atoms with E-state index in [0.29, 0.717) is 5.56 Å². The Morgan fingerprint density at radius 2 is 1.78 bits per heavy atom. The van der Waals surface area contributed by atoms with Crippen LogP contribution in [0.4, 0.5) is 17.6 Å². The van der Waals surface area contributed by atoms with Crippen LogP contribution in [0.25, 0.3) is 0 Å². The molecular formula is C15H10F4N2O2. The van der Waals surface area contributed by atoms with Gasteiger partial charge in [0, 0.05) is 5.56 Å². The number of phenolic OH excluding ortho intramolecular Hbond substituents is 1. The number of nitrogens with two attached hydrogens (primary N) is 1. The van der Waals surface area contributed by atoms with Crippen molar-refractivity contribution >= 4 is 0 Å². The summed E-state index contributed by atoms with van der Waals surface area (Å²) in [4.78, 5) is 0. The van der Waals surface area contributed by atoms with Gasteiger partial charge in [-0.05, 0) is 29.8 Å². The molecule has 0 bridgehead atoms. The molecule has 0 saturated carbocycles. The van der Waals surface area contributed by atoms with E-state index in [1.54, 1.807) is 6.07 Å². The second-order valence-corrected chi connectivity index (χ2v) is 4.60. The van der Waals surface area contributed by atoms with E-state index in [-0.39, 0.29) is 11.1 Å². The Labute approximate surface area is 128 Å². The zero-order valence-corrected chi connectivity index (χ0v) is 11.4. The predicted molar refractivity (Wildman–Crippen MR) is 71.9 cm³/mol. The molecule has 120 valence electrons. The average Bonchev–Trinajstić information content (AvgIpc) is 2.48. The second kappa shape index (κ2) is 6.14. The first-order valence-electron chi connectivity index (χ1n) is 6.25. The summed E-state index contributed by atoms with van der Waals surface area (Å²) in [5.74, 6) is -2.16. The summed E-state index contributed by atoms with van der Waals surface area (Å²) in [5, 5.41) is 18.5. The van der Waals surface area contributed by atoms with Crippen molar-refractivity contribution in [2.24, 2.45) is 5.73 Å². The van der Waals surface area contributed by atoms with E-state index in [0.717, 1.165) is 18.2 Å².